The van der Waals surface area contributed by atoms with Gasteiger partial charge in [-0.2, -0.15) is 0 Å². The van der Waals surface area contributed by atoms with Crippen molar-refractivity contribution in [3.05, 3.63) is 29.8 Å². The first-order valence-corrected chi connectivity index (χ1v) is 6.29. The SMILES string of the molecule is C#CC1CCN(C(=O)c2ccc(OCF)cc2)CC1. The third kappa shape index (κ3) is 3.25. The highest BCUT2D eigenvalue weighted by Crippen LogP contribution is 2.19. The van der Waals surface area contributed by atoms with Crippen LogP contribution in [0.4, 0.5) is 4.39 Å². The van der Waals surface area contributed by atoms with Crippen molar-refractivity contribution < 1.29 is 13.9 Å². The molecule has 1 amide bonds. The Morgan fingerprint density at radius 1 is 1.37 bits per heavy atom. The number of alkyl halides is 1. The van der Waals surface area contributed by atoms with Gasteiger partial charge in [-0.05, 0) is 37.1 Å². The Hall–Kier alpha value is -2.02. The third-order valence-electron chi connectivity index (χ3n) is 3.34. The molecule has 1 saturated heterocycles. The Labute approximate surface area is 112 Å². The van der Waals surface area contributed by atoms with Crippen molar-refractivity contribution in [3.8, 4) is 18.1 Å². The fourth-order valence-electron chi connectivity index (χ4n) is 2.19. The van der Waals surface area contributed by atoms with Crippen LogP contribution >= 0.6 is 0 Å². The van der Waals surface area contributed by atoms with E-state index < -0.39 is 6.86 Å². The molecule has 19 heavy (non-hydrogen) atoms. The van der Waals surface area contributed by atoms with Gasteiger partial charge in [0.1, 0.15) is 5.75 Å². The van der Waals surface area contributed by atoms with E-state index in [1.807, 2.05) is 0 Å². The number of hydrogen-bond acceptors (Lipinski definition) is 2. The number of ether oxygens (including phenoxy) is 1. The summed E-state index contributed by atoms with van der Waals surface area (Å²) in [5, 5.41) is 0. The van der Waals surface area contributed by atoms with Crippen molar-refractivity contribution >= 4 is 5.91 Å². The summed E-state index contributed by atoms with van der Waals surface area (Å²) >= 11 is 0. The van der Waals surface area contributed by atoms with Gasteiger partial charge in [0.05, 0.1) is 0 Å². The topological polar surface area (TPSA) is 29.5 Å². The number of terminal acetylenes is 1. The monoisotopic (exact) mass is 261 g/mol. The van der Waals surface area contributed by atoms with Crippen LogP contribution in [0.5, 0.6) is 5.75 Å². The van der Waals surface area contributed by atoms with Crippen LogP contribution in [0.3, 0.4) is 0 Å². The fourth-order valence-corrected chi connectivity index (χ4v) is 2.19. The molecule has 0 aromatic heterocycles. The summed E-state index contributed by atoms with van der Waals surface area (Å²) in [7, 11) is 0. The van der Waals surface area contributed by atoms with Gasteiger partial charge in [-0.15, -0.1) is 12.3 Å². The van der Waals surface area contributed by atoms with Crippen LogP contribution < -0.4 is 4.74 Å². The first-order chi connectivity index (χ1) is 9.24. The molecule has 100 valence electrons. The molecule has 0 unspecified atom stereocenters. The molecule has 0 aliphatic carbocycles. The van der Waals surface area contributed by atoms with E-state index in [1.165, 1.54) is 0 Å². The molecule has 1 aliphatic heterocycles. The summed E-state index contributed by atoms with van der Waals surface area (Å²) in [5.74, 6) is 3.43. The van der Waals surface area contributed by atoms with Gasteiger partial charge in [-0.25, -0.2) is 4.39 Å². The number of piperidine rings is 1. The zero-order chi connectivity index (χ0) is 13.7. The zero-order valence-electron chi connectivity index (χ0n) is 10.6. The number of rotatable bonds is 3. The number of halogens is 1. The second kappa shape index (κ2) is 6.24. The van der Waals surface area contributed by atoms with Gasteiger partial charge in [0.25, 0.3) is 5.91 Å². The highest BCUT2D eigenvalue weighted by Gasteiger charge is 2.22. The molecule has 0 radical (unpaired) electrons. The molecule has 1 aliphatic rings. The average molecular weight is 261 g/mol. The normalized spacial score (nSPS) is 15.9. The summed E-state index contributed by atoms with van der Waals surface area (Å²) in [6.07, 6.45) is 7.09. The van der Waals surface area contributed by atoms with Crippen molar-refractivity contribution in [1.29, 1.82) is 0 Å². The van der Waals surface area contributed by atoms with Crippen LogP contribution in [0.25, 0.3) is 0 Å². The van der Waals surface area contributed by atoms with E-state index in [1.54, 1.807) is 29.2 Å². The lowest BCUT2D eigenvalue weighted by Crippen LogP contribution is -2.38. The molecule has 1 aromatic rings. The molecule has 1 aromatic carbocycles. The minimum atomic E-state index is -0.868. The molecule has 3 nitrogen and oxygen atoms in total. The maximum absolute atomic E-state index is 12.2. The van der Waals surface area contributed by atoms with E-state index >= 15 is 0 Å². The number of amides is 1. The van der Waals surface area contributed by atoms with Gasteiger partial charge in [-0.1, -0.05) is 0 Å². The molecule has 0 bridgehead atoms. The lowest BCUT2D eigenvalue weighted by molar-refractivity contribution is 0.0708. The van der Waals surface area contributed by atoms with Crippen molar-refractivity contribution in [3.63, 3.8) is 0 Å². The maximum atomic E-state index is 12.2. The summed E-state index contributed by atoms with van der Waals surface area (Å²) in [4.78, 5) is 14.0. The Bertz CT molecular complexity index is 470. The molecule has 0 spiro atoms. The third-order valence-corrected chi connectivity index (χ3v) is 3.34. The van der Waals surface area contributed by atoms with Crippen LogP contribution in [-0.4, -0.2) is 30.8 Å². The Kier molecular flexibility index (Phi) is 4.40. The van der Waals surface area contributed by atoms with E-state index in [9.17, 15) is 9.18 Å². The van der Waals surface area contributed by atoms with Crippen molar-refractivity contribution in [2.45, 2.75) is 12.8 Å². The highest BCUT2D eigenvalue weighted by atomic mass is 19.1. The fraction of sp³-hybridized carbons (Fsp3) is 0.400. The predicted octanol–water partition coefficient (Wildman–Crippen LogP) is 2.48. The summed E-state index contributed by atoms with van der Waals surface area (Å²) in [6.45, 7) is 0.514. The number of carbonyl (C=O) groups is 1. The molecule has 4 heteroatoms. The highest BCUT2D eigenvalue weighted by molar-refractivity contribution is 5.94. The molecular weight excluding hydrogens is 245 g/mol. The quantitative estimate of drug-likeness (QED) is 0.782. The molecule has 0 N–H and O–H groups in total. The van der Waals surface area contributed by atoms with Gasteiger partial charge in [0.2, 0.25) is 6.86 Å². The first-order valence-electron chi connectivity index (χ1n) is 6.29. The van der Waals surface area contributed by atoms with Crippen molar-refractivity contribution in [1.82, 2.24) is 4.90 Å². The lowest BCUT2D eigenvalue weighted by Gasteiger charge is -2.29. The largest absolute Gasteiger partial charge is 0.463 e. The number of nitrogens with zero attached hydrogens (tertiary/aromatic N) is 1. The molecule has 0 saturated carbocycles. The lowest BCUT2D eigenvalue weighted by atomic mass is 9.97. The second-order valence-corrected chi connectivity index (χ2v) is 4.51. The molecule has 1 fully saturated rings. The van der Waals surface area contributed by atoms with Crippen LogP contribution in [-0.2, 0) is 0 Å². The number of hydrogen-bond donors (Lipinski definition) is 0. The van der Waals surface area contributed by atoms with E-state index in [0.717, 1.165) is 12.8 Å². The number of benzene rings is 1. The van der Waals surface area contributed by atoms with Crippen LogP contribution in [0, 0.1) is 18.3 Å². The molecule has 2 rings (SSSR count). The minimum Gasteiger partial charge on any atom is -0.463 e. The Morgan fingerprint density at radius 2 is 2.00 bits per heavy atom. The van der Waals surface area contributed by atoms with Gasteiger partial charge < -0.3 is 9.64 Å². The molecular formula is C15H16FNO2. The van der Waals surface area contributed by atoms with Crippen LogP contribution in [0.1, 0.15) is 23.2 Å². The van der Waals surface area contributed by atoms with Gasteiger partial charge >= 0.3 is 0 Å². The van der Waals surface area contributed by atoms with Crippen LogP contribution in [0.15, 0.2) is 24.3 Å². The summed E-state index contributed by atoms with van der Waals surface area (Å²) < 4.78 is 16.7. The van der Waals surface area contributed by atoms with E-state index in [4.69, 9.17) is 11.2 Å². The molecule has 1 heterocycles. The molecule has 0 atom stereocenters. The second-order valence-electron chi connectivity index (χ2n) is 4.51. The summed E-state index contributed by atoms with van der Waals surface area (Å²) in [6, 6.07) is 6.50. The number of likely N-dealkylation sites (tertiary alicyclic amines) is 1. The van der Waals surface area contributed by atoms with E-state index in [0.29, 0.717) is 24.4 Å². The maximum Gasteiger partial charge on any atom is 0.253 e. The Morgan fingerprint density at radius 3 is 2.53 bits per heavy atom. The minimum absolute atomic E-state index is 0.0118. The van der Waals surface area contributed by atoms with E-state index in [2.05, 4.69) is 5.92 Å². The van der Waals surface area contributed by atoms with Gasteiger partial charge in [0, 0.05) is 24.6 Å². The predicted molar refractivity (Wildman–Crippen MR) is 70.5 cm³/mol. The average Bonchev–Trinajstić information content (AvgIpc) is 2.48. The van der Waals surface area contributed by atoms with Crippen molar-refractivity contribution in [2.24, 2.45) is 5.92 Å². The zero-order valence-corrected chi connectivity index (χ0v) is 10.6. The standard InChI is InChI=1S/C15H16FNO2/c1-2-12-7-9-17(10-8-12)15(18)13-3-5-14(6-4-13)19-11-16/h1,3-6,12H,7-11H2. The summed E-state index contributed by atoms with van der Waals surface area (Å²) in [5.41, 5.74) is 0.588. The first kappa shape index (κ1) is 13.4. The van der Waals surface area contributed by atoms with E-state index in [-0.39, 0.29) is 11.8 Å². The van der Waals surface area contributed by atoms with Gasteiger partial charge in [0.15, 0.2) is 0 Å². The van der Waals surface area contributed by atoms with Gasteiger partial charge in [-0.3, -0.25) is 4.79 Å². The van der Waals surface area contributed by atoms with Crippen molar-refractivity contribution in [2.75, 3.05) is 20.0 Å². The number of carbonyl (C=O) groups excluding carboxylic acids is 1. The Balaban J connectivity index is 1.98. The van der Waals surface area contributed by atoms with Crippen LogP contribution in [0.2, 0.25) is 0 Å². The smallest absolute Gasteiger partial charge is 0.253 e.